The summed E-state index contributed by atoms with van der Waals surface area (Å²) in [5, 5.41) is 0. The summed E-state index contributed by atoms with van der Waals surface area (Å²) in [6.07, 6.45) is 4.29. The number of aryl methyl sites for hydroxylation is 1. The van der Waals surface area contributed by atoms with Crippen LogP contribution in [0.3, 0.4) is 0 Å². The molecule has 190 valence electrons. The molecule has 0 saturated carbocycles. The zero-order valence-corrected chi connectivity index (χ0v) is 20.6. The average Bonchev–Trinajstić information content (AvgIpc) is 2.86. The fourth-order valence-electron chi connectivity index (χ4n) is 3.93. The lowest BCUT2D eigenvalue weighted by Crippen LogP contribution is -2.51. The summed E-state index contributed by atoms with van der Waals surface area (Å²) in [7, 11) is -3.83. The summed E-state index contributed by atoms with van der Waals surface area (Å²) in [6.45, 7) is 2.83. The van der Waals surface area contributed by atoms with Crippen molar-refractivity contribution < 1.29 is 32.3 Å². The molecule has 2 aliphatic heterocycles. The molecule has 1 unspecified atom stereocenters. The van der Waals surface area contributed by atoms with Crippen molar-refractivity contribution in [3.05, 3.63) is 46.9 Å². The van der Waals surface area contributed by atoms with Crippen molar-refractivity contribution >= 4 is 15.7 Å². The first kappa shape index (κ1) is 25.2. The third-order valence-electron chi connectivity index (χ3n) is 6.42. The second-order valence-electron chi connectivity index (χ2n) is 8.90. The first-order valence-electron chi connectivity index (χ1n) is 11.6. The Morgan fingerprint density at radius 1 is 1.11 bits per heavy atom. The Bertz CT molecular complexity index is 1240. The van der Waals surface area contributed by atoms with Gasteiger partial charge in [0.15, 0.2) is 32.4 Å². The van der Waals surface area contributed by atoms with Gasteiger partial charge in [0.1, 0.15) is 13.2 Å². The molecule has 11 heteroatoms. The van der Waals surface area contributed by atoms with E-state index in [-0.39, 0.29) is 18.5 Å². The fraction of sp³-hybridized carbons (Fsp3) is 0.500. The smallest absolute Gasteiger partial charge is 0.264 e. The maximum absolute atomic E-state index is 12.8. The molecule has 1 amide bonds. The number of rotatable bonds is 8. The van der Waals surface area contributed by atoms with E-state index in [1.807, 2.05) is 12.1 Å². The SMILES string of the molecule is C[C@@](CCn1ccc(-c2ccc3c(c2)OCCO3)cc1=O)(C(=O)NOC1CCCCO1)S(C)(=O)=O. The lowest BCUT2D eigenvalue weighted by Gasteiger charge is -2.28. The van der Waals surface area contributed by atoms with E-state index in [1.54, 1.807) is 18.3 Å². The Kier molecular flexibility index (Phi) is 7.48. The summed E-state index contributed by atoms with van der Waals surface area (Å²) >= 11 is 0. The Balaban J connectivity index is 1.46. The van der Waals surface area contributed by atoms with Crippen molar-refractivity contribution in [1.29, 1.82) is 0 Å². The number of nitrogens with one attached hydrogen (secondary N) is 1. The molecule has 0 bridgehead atoms. The van der Waals surface area contributed by atoms with Crippen molar-refractivity contribution in [2.75, 3.05) is 26.1 Å². The fourth-order valence-corrected chi connectivity index (χ4v) is 4.77. The van der Waals surface area contributed by atoms with Crippen LogP contribution in [0.4, 0.5) is 0 Å². The monoisotopic (exact) mass is 506 g/mol. The average molecular weight is 507 g/mol. The van der Waals surface area contributed by atoms with Crippen LogP contribution in [0, 0.1) is 0 Å². The number of pyridine rings is 1. The number of fused-ring (bicyclic) bond motifs is 1. The van der Waals surface area contributed by atoms with Gasteiger partial charge in [0.2, 0.25) is 0 Å². The quantitative estimate of drug-likeness (QED) is 0.540. The molecule has 3 heterocycles. The minimum absolute atomic E-state index is 0.0250. The number of aromatic nitrogens is 1. The van der Waals surface area contributed by atoms with E-state index < -0.39 is 26.8 Å². The highest BCUT2D eigenvalue weighted by molar-refractivity contribution is 7.92. The minimum Gasteiger partial charge on any atom is -0.486 e. The van der Waals surface area contributed by atoms with Gasteiger partial charge in [0.05, 0.1) is 0 Å². The van der Waals surface area contributed by atoms with Gasteiger partial charge in [0, 0.05) is 38.1 Å². The van der Waals surface area contributed by atoms with E-state index in [1.165, 1.54) is 17.6 Å². The van der Waals surface area contributed by atoms with E-state index in [0.29, 0.717) is 43.3 Å². The van der Waals surface area contributed by atoms with Crippen LogP contribution in [0.2, 0.25) is 0 Å². The molecule has 1 N–H and O–H groups in total. The van der Waals surface area contributed by atoms with Crippen LogP contribution in [-0.4, -0.2) is 56.0 Å². The lowest BCUT2D eigenvalue weighted by atomic mass is 10.1. The number of nitrogens with zero attached hydrogens (tertiary/aromatic N) is 1. The molecule has 2 aromatic rings. The zero-order valence-electron chi connectivity index (χ0n) is 19.8. The maximum Gasteiger partial charge on any atom is 0.264 e. The van der Waals surface area contributed by atoms with Gasteiger partial charge in [-0.15, -0.1) is 0 Å². The number of ether oxygens (including phenoxy) is 3. The summed E-state index contributed by atoms with van der Waals surface area (Å²) in [6, 6.07) is 8.68. The highest BCUT2D eigenvalue weighted by atomic mass is 32.2. The second-order valence-corrected chi connectivity index (χ2v) is 11.3. The zero-order chi connectivity index (χ0) is 25.1. The van der Waals surface area contributed by atoms with E-state index >= 15 is 0 Å². The standard InChI is InChI=1S/C24H30N2O8S/c1-24(35(2,29)30,23(28)25-34-22-5-3-4-12-33-22)9-11-26-10-8-18(16-21(26)27)17-6-7-19-20(15-17)32-14-13-31-19/h6-8,10,15-16,22H,3-5,9,11-14H2,1-2H3,(H,25,28)/t22?,24-/m1/s1. The van der Waals surface area contributed by atoms with Crippen LogP contribution in [0.5, 0.6) is 11.5 Å². The van der Waals surface area contributed by atoms with Crippen LogP contribution in [-0.2, 0) is 30.8 Å². The van der Waals surface area contributed by atoms with Crippen LogP contribution in [0.1, 0.15) is 32.6 Å². The third-order valence-corrected chi connectivity index (χ3v) is 8.45. The van der Waals surface area contributed by atoms with Crippen molar-refractivity contribution in [1.82, 2.24) is 10.0 Å². The topological polar surface area (TPSA) is 122 Å². The number of hydrogen-bond acceptors (Lipinski definition) is 8. The predicted octanol–water partition coefficient (Wildman–Crippen LogP) is 2.05. The van der Waals surface area contributed by atoms with Gasteiger partial charge < -0.3 is 18.8 Å². The summed E-state index contributed by atoms with van der Waals surface area (Å²) < 4.78 is 41.2. The van der Waals surface area contributed by atoms with E-state index in [0.717, 1.165) is 24.7 Å². The molecule has 0 aliphatic carbocycles. The molecule has 2 aliphatic rings. The van der Waals surface area contributed by atoms with Crippen LogP contribution in [0.25, 0.3) is 11.1 Å². The number of amides is 1. The number of hydroxylamine groups is 1. The van der Waals surface area contributed by atoms with Gasteiger partial charge in [-0.2, -0.15) is 0 Å². The molecule has 2 atom stereocenters. The van der Waals surface area contributed by atoms with Gasteiger partial charge in [0.25, 0.3) is 11.5 Å². The molecule has 4 rings (SSSR count). The molecular formula is C24H30N2O8S. The number of carbonyl (C=O) groups is 1. The summed E-state index contributed by atoms with van der Waals surface area (Å²) in [4.78, 5) is 30.9. The molecule has 1 aromatic carbocycles. The molecule has 1 fully saturated rings. The van der Waals surface area contributed by atoms with Crippen LogP contribution >= 0.6 is 0 Å². The van der Waals surface area contributed by atoms with Crippen molar-refractivity contribution in [3.63, 3.8) is 0 Å². The molecule has 1 saturated heterocycles. The van der Waals surface area contributed by atoms with Crippen molar-refractivity contribution in [2.24, 2.45) is 0 Å². The summed E-state index contributed by atoms with van der Waals surface area (Å²) in [5.41, 5.74) is 3.41. The van der Waals surface area contributed by atoms with E-state index in [4.69, 9.17) is 19.0 Å². The van der Waals surface area contributed by atoms with E-state index in [2.05, 4.69) is 5.48 Å². The predicted molar refractivity (Wildman–Crippen MR) is 128 cm³/mol. The highest BCUT2D eigenvalue weighted by Gasteiger charge is 2.44. The normalized spacial score (nSPS) is 19.5. The largest absolute Gasteiger partial charge is 0.486 e. The summed E-state index contributed by atoms with van der Waals surface area (Å²) in [5.74, 6) is 0.481. The maximum atomic E-state index is 12.8. The Hall–Kier alpha value is -2.89. The molecular weight excluding hydrogens is 476 g/mol. The van der Waals surface area contributed by atoms with Gasteiger partial charge in [-0.1, -0.05) is 6.07 Å². The number of hydrogen-bond donors (Lipinski definition) is 1. The Labute approximate surface area is 204 Å². The van der Waals surface area contributed by atoms with Gasteiger partial charge in [-0.3, -0.25) is 9.59 Å². The molecule has 0 radical (unpaired) electrons. The first-order valence-corrected chi connectivity index (χ1v) is 13.4. The van der Waals surface area contributed by atoms with Gasteiger partial charge in [-0.25, -0.2) is 18.7 Å². The number of sulfone groups is 1. The second kappa shape index (κ2) is 10.4. The Morgan fingerprint density at radius 2 is 1.86 bits per heavy atom. The van der Waals surface area contributed by atoms with Gasteiger partial charge in [-0.05, 0) is 55.5 Å². The van der Waals surface area contributed by atoms with Crippen LogP contribution < -0.4 is 20.5 Å². The molecule has 10 nitrogen and oxygen atoms in total. The van der Waals surface area contributed by atoms with Crippen molar-refractivity contribution in [3.8, 4) is 22.6 Å². The molecule has 35 heavy (non-hydrogen) atoms. The van der Waals surface area contributed by atoms with Crippen molar-refractivity contribution in [2.45, 2.75) is 50.2 Å². The van der Waals surface area contributed by atoms with E-state index in [9.17, 15) is 18.0 Å². The molecule has 0 spiro atoms. The van der Waals surface area contributed by atoms with Gasteiger partial charge >= 0.3 is 0 Å². The number of carbonyl (C=O) groups excluding carboxylic acids is 1. The molecule has 1 aromatic heterocycles. The lowest BCUT2D eigenvalue weighted by molar-refractivity contribution is -0.201. The highest BCUT2D eigenvalue weighted by Crippen LogP contribution is 2.34. The number of benzene rings is 1. The third kappa shape index (κ3) is 5.68. The first-order chi connectivity index (χ1) is 16.7. The Morgan fingerprint density at radius 3 is 2.54 bits per heavy atom. The minimum atomic E-state index is -3.83. The van der Waals surface area contributed by atoms with Crippen LogP contribution in [0.15, 0.2) is 41.3 Å².